The Morgan fingerprint density at radius 3 is 2.82 bits per heavy atom. The molecule has 0 amide bonds. The van der Waals surface area contributed by atoms with Crippen LogP contribution in [0.1, 0.15) is 20.3 Å². The molecule has 0 aliphatic carbocycles. The Morgan fingerprint density at radius 1 is 1.41 bits per heavy atom. The number of benzene rings is 1. The van der Waals surface area contributed by atoms with Crippen molar-refractivity contribution in [1.82, 2.24) is 0 Å². The average molecular weight is 238 g/mol. The van der Waals surface area contributed by atoms with Crippen molar-refractivity contribution in [1.29, 1.82) is 0 Å². The van der Waals surface area contributed by atoms with Gasteiger partial charge in [-0.2, -0.15) is 0 Å². The SMILES string of the molecule is COc1cc2c(cc1F)NCCCN2C(C)C. The first kappa shape index (κ1) is 12.0. The largest absolute Gasteiger partial charge is 0.494 e. The normalized spacial score (nSPS) is 15.2. The highest BCUT2D eigenvalue weighted by molar-refractivity contribution is 5.73. The van der Waals surface area contributed by atoms with Gasteiger partial charge in [-0.1, -0.05) is 0 Å². The molecule has 0 saturated carbocycles. The molecule has 0 radical (unpaired) electrons. The summed E-state index contributed by atoms with van der Waals surface area (Å²) in [5, 5.41) is 3.26. The first-order valence-electron chi connectivity index (χ1n) is 6.01. The zero-order valence-electron chi connectivity index (χ0n) is 10.6. The van der Waals surface area contributed by atoms with Gasteiger partial charge in [-0.15, -0.1) is 0 Å². The van der Waals surface area contributed by atoms with Crippen molar-refractivity contribution in [2.24, 2.45) is 0 Å². The molecule has 0 bridgehead atoms. The molecule has 1 N–H and O–H groups in total. The summed E-state index contributed by atoms with van der Waals surface area (Å²) in [4.78, 5) is 2.28. The second-order valence-corrected chi connectivity index (χ2v) is 4.57. The summed E-state index contributed by atoms with van der Waals surface area (Å²) < 4.78 is 18.7. The molecule has 1 aromatic rings. The number of nitrogens with zero attached hydrogens (tertiary/aromatic N) is 1. The van der Waals surface area contributed by atoms with E-state index in [1.165, 1.54) is 13.2 Å². The monoisotopic (exact) mass is 238 g/mol. The molecule has 0 aromatic heterocycles. The molecule has 94 valence electrons. The van der Waals surface area contributed by atoms with Crippen LogP contribution in [-0.2, 0) is 0 Å². The van der Waals surface area contributed by atoms with Crippen LogP contribution < -0.4 is 15.0 Å². The van der Waals surface area contributed by atoms with Gasteiger partial charge < -0.3 is 15.0 Å². The van der Waals surface area contributed by atoms with Crippen LogP contribution in [0.5, 0.6) is 5.75 Å². The van der Waals surface area contributed by atoms with E-state index in [0.29, 0.717) is 11.8 Å². The Morgan fingerprint density at radius 2 is 2.18 bits per heavy atom. The number of methoxy groups -OCH3 is 1. The first-order valence-corrected chi connectivity index (χ1v) is 6.01. The first-order chi connectivity index (χ1) is 8.13. The molecule has 1 heterocycles. The predicted octanol–water partition coefficient (Wildman–Crippen LogP) is 2.86. The van der Waals surface area contributed by atoms with Gasteiger partial charge in [0, 0.05) is 31.3 Å². The minimum atomic E-state index is -0.315. The lowest BCUT2D eigenvalue weighted by Gasteiger charge is -2.29. The number of halogens is 1. The molecule has 1 aromatic carbocycles. The van der Waals surface area contributed by atoms with Gasteiger partial charge in [0.25, 0.3) is 0 Å². The molecule has 0 fully saturated rings. The molecule has 0 atom stereocenters. The van der Waals surface area contributed by atoms with Crippen LogP contribution in [0.4, 0.5) is 15.8 Å². The molecule has 0 saturated heterocycles. The van der Waals surface area contributed by atoms with Gasteiger partial charge in [0.05, 0.1) is 18.5 Å². The zero-order valence-corrected chi connectivity index (χ0v) is 10.6. The molecule has 4 heteroatoms. The van der Waals surface area contributed by atoms with Crippen LogP contribution in [-0.4, -0.2) is 26.2 Å². The number of rotatable bonds is 2. The molecule has 3 nitrogen and oxygen atoms in total. The summed E-state index contributed by atoms with van der Waals surface area (Å²) in [6.07, 6.45) is 1.05. The number of nitrogens with one attached hydrogen (secondary N) is 1. The summed E-state index contributed by atoms with van der Waals surface area (Å²) in [7, 11) is 1.49. The van der Waals surface area contributed by atoms with Crippen molar-refractivity contribution in [2.75, 3.05) is 30.4 Å². The molecule has 0 spiro atoms. The van der Waals surface area contributed by atoms with Crippen molar-refractivity contribution in [3.63, 3.8) is 0 Å². The van der Waals surface area contributed by atoms with Crippen LogP contribution >= 0.6 is 0 Å². The van der Waals surface area contributed by atoms with Crippen LogP contribution in [0.3, 0.4) is 0 Å². The Bertz CT molecular complexity index is 407. The summed E-state index contributed by atoms with van der Waals surface area (Å²) >= 11 is 0. The topological polar surface area (TPSA) is 24.5 Å². The van der Waals surface area contributed by atoms with Gasteiger partial charge in [0.1, 0.15) is 0 Å². The van der Waals surface area contributed by atoms with E-state index in [0.717, 1.165) is 30.9 Å². The Labute approximate surface area is 102 Å². The lowest BCUT2D eigenvalue weighted by atomic mass is 10.2. The number of hydrogen-bond acceptors (Lipinski definition) is 3. The van der Waals surface area contributed by atoms with Crippen LogP contribution in [0, 0.1) is 5.82 Å². The molecule has 2 rings (SSSR count). The summed E-state index contributed by atoms with van der Waals surface area (Å²) in [6.45, 7) is 6.14. The second-order valence-electron chi connectivity index (χ2n) is 4.57. The van der Waals surface area contributed by atoms with Gasteiger partial charge >= 0.3 is 0 Å². The fourth-order valence-corrected chi connectivity index (χ4v) is 2.21. The smallest absolute Gasteiger partial charge is 0.167 e. The maximum absolute atomic E-state index is 13.7. The molecular weight excluding hydrogens is 219 g/mol. The molecule has 1 aliphatic heterocycles. The van der Waals surface area contributed by atoms with Gasteiger partial charge in [-0.05, 0) is 20.3 Å². The highest BCUT2D eigenvalue weighted by Crippen LogP contribution is 2.35. The Balaban J connectivity index is 2.48. The maximum atomic E-state index is 13.7. The third-order valence-electron chi connectivity index (χ3n) is 3.09. The van der Waals surface area contributed by atoms with Crippen molar-refractivity contribution >= 4 is 11.4 Å². The second kappa shape index (κ2) is 4.82. The number of hydrogen-bond donors (Lipinski definition) is 1. The van der Waals surface area contributed by atoms with Gasteiger partial charge in [0.15, 0.2) is 11.6 Å². The fraction of sp³-hybridized carbons (Fsp3) is 0.538. The number of ether oxygens (including phenoxy) is 1. The van der Waals surface area contributed by atoms with Crippen molar-refractivity contribution in [3.8, 4) is 5.75 Å². The van der Waals surface area contributed by atoms with E-state index in [-0.39, 0.29) is 5.82 Å². The summed E-state index contributed by atoms with van der Waals surface area (Å²) in [5.74, 6) is -0.0116. The molecule has 17 heavy (non-hydrogen) atoms. The summed E-state index contributed by atoms with van der Waals surface area (Å²) in [5.41, 5.74) is 1.88. The van der Waals surface area contributed by atoms with E-state index in [9.17, 15) is 4.39 Å². The fourth-order valence-electron chi connectivity index (χ4n) is 2.21. The van der Waals surface area contributed by atoms with Crippen LogP contribution in [0.25, 0.3) is 0 Å². The van der Waals surface area contributed by atoms with Crippen molar-refractivity contribution in [3.05, 3.63) is 17.9 Å². The molecule has 1 aliphatic rings. The Kier molecular flexibility index (Phi) is 3.41. The number of anilines is 2. The van der Waals surface area contributed by atoms with Crippen LogP contribution in [0.15, 0.2) is 12.1 Å². The Hall–Kier alpha value is -1.45. The highest BCUT2D eigenvalue weighted by Gasteiger charge is 2.20. The molecule has 0 unspecified atom stereocenters. The maximum Gasteiger partial charge on any atom is 0.167 e. The highest BCUT2D eigenvalue weighted by atomic mass is 19.1. The summed E-state index contributed by atoms with van der Waals surface area (Å²) in [6, 6.07) is 3.70. The minimum Gasteiger partial charge on any atom is -0.494 e. The van der Waals surface area contributed by atoms with E-state index in [1.807, 2.05) is 0 Å². The van der Waals surface area contributed by atoms with E-state index >= 15 is 0 Å². The number of fused-ring (bicyclic) bond motifs is 1. The third kappa shape index (κ3) is 2.30. The average Bonchev–Trinajstić information content (AvgIpc) is 2.49. The molecular formula is C13H19FN2O. The zero-order chi connectivity index (χ0) is 12.4. The van der Waals surface area contributed by atoms with E-state index in [4.69, 9.17) is 4.74 Å². The van der Waals surface area contributed by atoms with Crippen LogP contribution in [0.2, 0.25) is 0 Å². The van der Waals surface area contributed by atoms with E-state index < -0.39 is 0 Å². The lowest BCUT2D eigenvalue weighted by molar-refractivity contribution is 0.386. The predicted molar refractivity (Wildman–Crippen MR) is 68.5 cm³/mol. The quantitative estimate of drug-likeness (QED) is 0.857. The third-order valence-corrected chi connectivity index (χ3v) is 3.09. The lowest BCUT2D eigenvalue weighted by Crippen LogP contribution is -2.31. The van der Waals surface area contributed by atoms with Gasteiger partial charge in [-0.25, -0.2) is 4.39 Å². The van der Waals surface area contributed by atoms with Crippen molar-refractivity contribution in [2.45, 2.75) is 26.3 Å². The van der Waals surface area contributed by atoms with Gasteiger partial charge in [0.2, 0.25) is 0 Å². The van der Waals surface area contributed by atoms with Gasteiger partial charge in [-0.3, -0.25) is 0 Å². The van der Waals surface area contributed by atoms with Crippen molar-refractivity contribution < 1.29 is 9.13 Å². The van der Waals surface area contributed by atoms with E-state index in [1.54, 1.807) is 6.07 Å². The standard InChI is InChI=1S/C13H19FN2O/c1-9(2)16-6-4-5-15-11-7-10(14)13(17-3)8-12(11)16/h7-9,15H,4-6H2,1-3H3. The van der Waals surface area contributed by atoms with E-state index in [2.05, 4.69) is 24.1 Å². The minimum absolute atomic E-state index is 0.304.